The molecule has 0 aliphatic carbocycles. The molecule has 0 saturated carbocycles. The van der Waals surface area contributed by atoms with Crippen LogP contribution in [0.15, 0.2) is 0 Å². The predicted octanol–water partition coefficient (Wildman–Crippen LogP) is -1.31. The lowest BCUT2D eigenvalue weighted by atomic mass is 10.2. The van der Waals surface area contributed by atoms with Gasteiger partial charge in [0.25, 0.3) is 0 Å². The highest BCUT2D eigenvalue weighted by atomic mass is 32.5. The first-order valence-corrected chi connectivity index (χ1v) is 11.1. The monoisotopic (exact) mass is 366 g/mol. The molecule has 128 valence electrons. The molecule has 0 aromatic carbocycles. The highest BCUT2D eigenvalue weighted by Crippen LogP contribution is 2.04. The third kappa shape index (κ3) is 243. The van der Waals surface area contributed by atoms with E-state index in [0.717, 1.165) is 11.8 Å². The second-order valence-corrected chi connectivity index (χ2v) is 8.97. The van der Waals surface area contributed by atoms with Crippen molar-refractivity contribution in [1.29, 1.82) is 0 Å². The van der Waals surface area contributed by atoms with Gasteiger partial charge in [-0.2, -0.15) is 23.6 Å². The molecule has 0 N–H and O–H groups in total. The average molecular weight is 366 g/mol. The van der Waals surface area contributed by atoms with Gasteiger partial charge in [-0.1, -0.05) is 54.4 Å². The molecule has 0 rings (SSSR count). The zero-order valence-corrected chi connectivity index (χ0v) is 16.2. The van der Waals surface area contributed by atoms with E-state index in [4.69, 9.17) is 29.4 Å². The summed E-state index contributed by atoms with van der Waals surface area (Å²) in [6.45, 7) is 4.18. The van der Waals surface area contributed by atoms with Crippen LogP contribution in [0.4, 0.5) is 0 Å². The lowest BCUT2D eigenvalue weighted by molar-refractivity contribution is -0.413. The Morgan fingerprint density at radius 1 is 0.650 bits per heavy atom. The Hall–Kier alpha value is 1.06. The molecule has 0 bridgehead atoms. The minimum atomic E-state index is -4.56. The molecule has 6 nitrogen and oxygen atoms in total. The lowest BCUT2D eigenvalue weighted by Gasteiger charge is -2.43. The smallest absolute Gasteiger partial charge is 0.0474 e. The quantitative estimate of drug-likeness (QED) is 0.549. The van der Waals surface area contributed by atoms with Crippen molar-refractivity contribution >= 4 is 37.1 Å². The predicted molar refractivity (Wildman–Crippen MR) is 78.8 cm³/mol. The van der Waals surface area contributed by atoms with Gasteiger partial charge >= 0.3 is 0 Å². The van der Waals surface area contributed by atoms with Crippen molar-refractivity contribution in [3.05, 3.63) is 0 Å². The van der Waals surface area contributed by atoms with Gasteiger partial charge < -0.3 is 42.8 Å². The molecule has 0 radical (unpaired) electrons. The molecule has 0 heterocycles. The molecule has 20 heavy (non-hydrogen) atoms. The fourth-order valence-corrected chi connectivity index (χ4v) is 0. The van der Waals surface area contributed by atoms with Crippen LogP contribution in [0.2, 0.25) is 0 Å². The van der Waals surface area contributed by atoms with Crippen molar-refractivity contribution in [2.75, 3.05) is 0 Å². The summed E-state index contributed by atoms with van der Waals surface area (Å²) < 4.78 is 0. The van der Waals surface area contributed by atoms with E-state index in [1.165, 1.54) is 12.8 Å². The van der Waals surface area contributed by atoms with Gasteiger partial charge in [-0.05, 0) is 11.8 Å². The zero-order chi connectivity index (χ0) is 17.6. The highest BCUT2D eigenvalue weighted by molar-refractivity contribution is 8.04. The first-order valence-electron chi connectivity index (χ1n) is 6.00. The van der Waals surface area contributed by atoms with Gasteiger partial charge in [-0.25, -0.2) is 0 Å². The van der Waals surface area contributed by atoms with E-state index < -0.39 is 13.4 Å². The summed E-state index contributed by atoms with van der Waals surface area (Å²) in [5, 5.41) is 0. The maximum absolute atomic E-state index is 8.92. The molecule has 0 atom stereocenters. The maximum atomic E-state index is 8.92. The van der Waals surface area contributed by atoms with Gasteiger partial charge in [-0.3, -0.25) is 0 Å². The number of hydrogen-bond donors (Lipinski definition) is 0. The summed E-state index contributed by atoms with van der Waals surface area (Å²) in [5.41, 5.74) is 0. The second kappa shape index (κ2) is 16.4. The van der Waals surface area contributed by atoms with Gasteiger partial charge in [0, 0.05) is 0 Å². The maximum Gasteiger partial charge on any atom is -0.0474 e. The molecule has 0 saturated heterocycles. The van der Waals surface area contributed by atoms with E-state index in [1.54, 1.807) is 0 Å². The van der Waals surface area contributed by atoms with Crippen LogP contribution < -0.4 is 29.4 Å². The number of hydrogen-bond acceptors (Lipinski definition) is 8. The third-order valence-electron chi connectivity index (χ3n) is 1.63. The summed E-state index contributed by atoms with van der Waals surface area (Å²) in [5.74, 6) is 1.77. The fourth-order valence-electron chi connectivity index (χ4n) is 0. The Labute approximate surface area is 133 Å². The van der Waals surface area contributed by atoms with Crippen molar-refractivity contribution in [3.63, 3.8) is 0 Å². The Morgan fingerprint density at radius 2 is 0.700 bits per heavy atom. The summed E-state index contributed by atoms with van der Waals surface area (Å²) in [6, 6.07) is 0. The topological polar surface area (TPSA) is 138 Å². The van der Waals surface area contributed by atoms with Gasteiger partial charge in [0.05, 0.1) is 0 Å². The standard InChI is InChI=1S/2C5H12.2H3O3PS/c2*1-4-5(2)3;2*1-4(2,3)5/h2*5H,4H2,1-3H3;2*(H3,1,2,3,5)/p-6. The van der Waals surface area contributed by atoms with E-state index in [1.807, 2.05) is 0 Å². The van der Waals surface area contributed by atoms with Gasteiger partial charge in [-0.15, -0.1) is 0 Å². The molecular weight excluding hydrogens is 342 g/mol. The molecule has 0 spiro atoms. The molecule has 0 unspecified atom stereocenters. The van der Waals surface area contributed by atoms with Crippen LogP contribution in [0.3, 0.4) is 0 Å². The summed E-state index contributed by atoms with van der Waals surface area (Å²) in [6.07, 6.45) is 2.61. The Balaban J connectivity index is -0.0000000853. The minimum absolute atomic E-state index is 0.884. The molecule has 10 heteroatoms. The normalized spacial score (nSPS) is 10.7. The molecule has 0 aliphatic heterocycles. The van der Waals surface area contributed by atoms with Crippen LogP contribution in [0.5, 0.6) is 0 Å². The lowest BCUT2D eigenvalue weighted by Crippen LogP contribution is -2.23. The average Bonchev–Trinajstić information content (AvgIpc) is 2.13. The fraction of sp³-hybridized carbons (Fsp3) is 1.00. The van der Waals surface area contributed by atoms with Crippen molar-refractivity contribution in [2.24, 2.45) is 11.8 Å². The Bertz CT molecular complexity index is 230. The molecule has 0 aromatic heterocycles. The van der Waals surface area contributed by atoms with Gasteiger partial charge in [0.15, 0.2) is 0 Å². The third-order valence-corrected chi connectivity index (χ3v) is 1.63. The summed E-state index contributed by atoms with van der Waals surface area (Å²) >= 11 is 6.54. The van der Waals surface area contributed by atoms with Crippen LogP contribution in [0.25, 0.3) is 0 Å². The van der Waals surface area contributed by atoms with E-state index >= 15 is 0 Å². The summed E-state index contributed by atoms with van der Waals surface area (Å²) in [7, 11) is 0. The Morgan fingerprint density at radius 3 is 0.700 bits per heavy atom. The van der Waals surface area contributed by atoms with E-state index in [2.05, 4.69) is 65.2 Å². The van der Waals surface area contributed by atoms with Crippen LogP contribution in [-0.2, 0) is 23.6 Å². The molecule has 0 aromatic rings. The van der Waals surface area contributed by atoms with Gasteiger partial charge in [0.1, 0.15) is 0 Å². The highest BCUT2D eigenvalue weighted by Gasteiger charge is 1.80. The van der Waals surface area contributed by atoms with Crippen molar-refractivity contribution < 1.29 is 29.4 Å². The van der Waals surface area contributed by atoms with Crippen molar-refractivity contribution in [1.82, 2.24) is 0 Å². The molecule has 0 aliphatic rings. The zero-order valence-electron chi connectivity index (χ0n) is 12.7. The second-order valence-electron chi connectivity index (χ2n) is 4.50. The van der Waals surface area contributed by atoms with Crippen LogP contribution in [0, 0.1) is 11.8 Å². The van der Waals surface area contributed by atoms with Gasteiger partial charge in [0.2, 0.25) is 0 Å². The largest absolute Gasteiger partial charge is 0.844 e. The van der Waals surface area contributed by atoms with Crippen LogP contribution >= 0.6 is 13.4 Å². The van der Waals surface area contributed by atoms with Crippen LogP contribution in [-0.4, -0.2) is 0 Å². The van der Waals surface area contributed by atoms with Crippen molar-refractivity contribution in [2.45, 2.75) is 54.4 Å². The van der Waals surface area contributed by atoms with E-state index in [-0.39, 0.29) is 0 Å². The number of rotatable bonds is 2. The summed E-state index contributed by atoms with van der Waals surface area (Å²) in [4.78, 5) is 53.5. The first-order chi connectivity index (χ1) is 8.54. The van der Waals surface area contributed by atoms with Crippen molar-refractivity contribution in [3.8, 4) is 0 Å². The minimum Gasteiger partial charge on any atom is -0.844 e. The molecular formula is C10H24O6P2S2-6. The van der Waals surface area contributed by atoms with Crippen LogP contribution in [0.1, 0.15) is 54.4 Å². The van der Waals surface area contributed by atoms with E-state index in [0.29, 0.717) is 0 Å². The van der Waals surface area contributed by atoms with E-state index in [9.17, 15) is 0 Å². The SMILES string of the molecule is CCC(C)C.CCC(C)C.[O-]P([O-])([O-])=S.[O-]P([O-])([O-])=S. The molecule has 0 amide bonds. The first kappa shape index (κ1) is 29.1. The molecule has 0 fully saturated rings. The Kier molecular flexibility index (Phi) is 23.9.